The largest absolute Gasteiger partial charge is 0.202 e. The topological polar surface area (TPSA) is 54.5 Å². The normalized spacial score (nSPS) is 11.6. The molecule has 0 saturated heterocycles. The van der Waals surface area contributed by atoms with Crippen LogP contribution < -0.4 is 0 Å². The van der Waals surface area contributed by atoms with Crippen molar-refractivity contribution in [1.82, 2.24) is 15.0 Å². The lowest BCUT2D eigenvalue weighted by molar-refractivity contribution is 0.848. The maximum Gasteiger partial charge on any atom is 0.145 e. The van der Waals surface area contributed by atoms with Crippen LogP contribution in [0.1, 0.15) is 5.56 Å². The third-order valence-electron chi connectivity index (χ3n) is 2.88. The Hall–Kier alpha value is -2.35. The Labute approximate surface area is 130 Å². The van der Waals surface area contributed by atoms with Crippen molar-refractivity contribution in [2.45, 2.75) is 0 Å². The van der Waals surface area contributed by atoms with Gasteiger partial charge in [0, 0.05) is 10.0 Å². The first-order valence-corrected chi connectivity index (χ1v) is 6.82. The number of hydrogen-bond donors (Lipinski definition) is 0. The maximum atomic E-state index is 9.38. The van der Waals surface area contributed by atoms with Gasteiger partial charge in [-0.2, -0.15) is 5.26 Å². The Morgan fingerprint density at radius 1 is 1.14 bits per heavy atom. The fourth-order valence-corrected chi connectivity index (χ4v) is 2.55. The van der Waals surface area contributed by atoms with Gasteiger partial charge in [-0.3, -0.25) is 0 Å². The number of allylic oxidation sites excluding steroid dienone is 1. The minimum atomic E-state index is 0.335. The molecular weight excluding hydrogens is 307 g/mol. The Morgan fingerprint density at radius 2 is 1.86 bits per heavy atom. The highest BCUT2D eigenvalue weighted by Gasteiger charge is 2.08. The van der Waals surface area contributed by atoms with Gasteiger partial charge in [-0.05, 0) is 42.0 Å². The Kier molecular flexibility index (Phi) is 3.61. The van der Waals surface area contributed by atoms with Crippen molar-refractivity contribution in [3.8, 4) is 6.07 Å². The molecule has 6 heteroatoms. The van der Waals surface area contributed by atoms with Gasteiger partial charge in [-0.1, -0.05) is 40.5 Å². The van der Waals surface area contributed by atoms with Crippen LogP contribution in [0.25, 0.3) is 22.8 Å². The van der Waals surface area contributed by atoms with Gasteiger partial charge in [0.05, 0.1) is 5.52 Å². The first-order chi connectivity index (χ1) is 10.2. The summed E-state index contributed by atoms with van der Waals surface area (Å²) in [5.74, 6) is 0. The molecule has 102 valence electrons. The smallest absolute Gasteiger partial charge is 0.145 e. The van der Waals surface area contributed by atoms with Crippen LogP contribution >= 0.6 is 23.2 Å². The molecule has 3 aromatic rings. The van der Waals surface area contributed by atoms with E-state index >= 15 is 0 Å². The van der Waals surface area contributed by atoms with Crippen molar-refractivity contribution in [2.75, 3.05) is 0 Å². The molecule has 0 spiro atoms. The van der Waals surface area contributed by atoms with E-state index in [1.807, 2.05) is 24.3 Å². The lowest BCUT2D eigenvalue weighted by Gasteiger charge is -2.01. The fourth-order valence-electron chi connectivity index (χ4n) is 2.00. The predicted molar refractivity (Wildman–Crippen MR) is 83.8 cm³/mol. The minimum Gasteiger partial charge on any atom is -0.202 e. The number of hydrogen-bond acceptors (Lipinski definition) is 3. The number of aromatic nitrogens is 3. The Balaban J connectivity index is 2.14. The van der Waals surface area contributed by atoms with Crippen molar-refractivity contribution < 1.29 is 0 Å². The number of rotatable bonds is 2. The third-order valence-corrected chi connectivity index (χ3v) is 3.32. The molecule has 0 fully saturated rings. The molecule has 0 aliphatic heterocycles. The van der Waals surface area contributed by atoms with E-state index in [0.29, 0.717) is 15.7 Å². The summed E-state index contributed by atoms with van der Waals surface area (Å²) in [5.41, 5.74) is 2.55. The molecule has 2 aromatic carbocycles. The average Bonchev–Trinajstić information content (AvgIpc) is 2.87. The van der Waals surface area contributed by atoms with Gasteiger partial charge in [-0.15, -0.1) is 5.10 Å². The lowest BCUT2D eigenvalue weighted by Crippen LogP contribution is -1.97. The fraction of sp³-hybridized carbons (Fsp3) is 0. The first kappa shape index (κ1) is 13.6. The molecule has 1 heterocycles. The molecule has 0 N–H and O–H groups in total. The van der Waals surface area contributed by atoms with Crippen molar-refractivity contribution in [3.05, 3.63) is 58.1 Å². The average molecular weight is 315 g/mol. The molecule has 0 aliphatic carbocycles. The quantitative estimate of drug-likeness (QED) is 0.664. The van der Waals surface area contributed by atoms with Gasteiger partial charge < -0.3 is 0 Å². The van der Waals surface area contributed by atoms with Gasteiger partial charge in [0.2, 0.25) is 0 Å². The Morgan fingerprint density at radius 3 is 2.57 bits per heavy atom. The zero-order valence-corrected chi connectivity index (χ0v) is 12.2. The summed E-state index contributed by atoms with van der Waals surface area (Å²) in [7, 11) is 0. The van der Waals surface area contributed by atoms with E-state index in [0.717, 1.165) is 16.6 Å². The number of nitriles is 1. The van der Waals surface area contributed by atoms with Gasteiger partial charge >= 0.3 is 0 Å². The van der Waals surface area contributed by atoms with Gasteiger partial charge in [0.25, 0.3) is 0 Å². The van der Waals surface area contributed by atoms with E-state index in [1.54, 1.807) is 24.3 Å². The minimum absolute atomic E-state index is 0.335. The molecule has 0 amide bonds. The number of nitrogens with zero attached hydrogens (tertiary/aromatic N) is 4. The second kappa shape index (κ2) is 5.57. The van der Waals surface area contributed by atoms with Crippen molar-refractivity contribution in [2.24, 2.45) is 0 Å². The number of para-hydroxylation sites is 1. The van der Waals surface area contributed by atoms with Crippen LogP contribution in [-0.2, 0) is 0 Å². The first-order valence-electron chi connectivity index (χ1n) is 6.06. The number of benzene rings is 2. The van der Waals surface area contributed by atoms with E-state index in [-0.39, 0.29) is 0 Å². The molecule has 21 heavy (non-hydrogen) atoms. The van der Waals surface area contributed by atoms with Gasteiger partial charge in [-0.25, -0.2) is 4.68 Å². The Bertz CT molecular complexity index is 870. The SMILES string of the molecule is N#C/C(=C\c1cc(Cl)cc(Cl)c1)n1nnc2ccccc21. The lowest BCUT2D eigenvalue weighted by atomic mass is 10.2. The van der Waals surface area contributed by atoms with E-state index < -0.39 is 0 Å². The second-order valence-electron chi connectivity index (χ2n) is 4.33. The molecule has 0 aliphatic rings. The number of fused-ring (bicyclic) bond motifs is 1. The summed E-state index contributed by atoms with van der Waals surface area (Å²) in [6.45, 7) is 0. The monoisotopic (exact) mass is 314 g/mol. The summed E-state index contributed by atoms with van der Waals surface area (Å²) in [6.07, 6.45) is 1.67. The highest BCUT2D eigenvalue weighted by atomic mass is 35.5. The summed E-state index contributed by atoms with van der Waals surface area (Å²) >= 11 is 11.9. The van der Waals surface area contributed by atoms with Crippen LogP contribution in [0, 0.1) is 11.3 Å². The second-order valence-corrected chi connectivity index (χ2v) is 5.21. The standard InChI is InChI=1S/C15H8Cl2N4/c16-11-5-10(6-12(17)8-11)7-13(9-18)21-15-4-2-1-3-14(15)19-20-21/h1-8H/b13-7+. The highest BCUT2D eigenvalue weighted by Crippen LogP contribution is 2.22. The van der Waals surface area contributed by atoms with Crippen LogP contribution in [0.15, 0.2) is 42.5 Å². The summed E-state index contributed by atoms with van der Waals surface area (Å²) < 4.78 is 1.49. The van der Waals surface area contributed by atoms with Crippen LogP contribution in [0.5, 0.6) is 0 Å². The molecule has 0 saturated carbocycles. The summed E-state index contributed by atoms with van der Waals surface area (Å²) in [4.78, 5) is 0. The van der Waals surface area contributed by atoms with Crippen molar-refractivity contribution >= 4 is 46.0 Å². The van der Waals surface area contributed by atoms with Crippen LogP contribution in [0.4, 0.5) is 0 Å². The van der Waals surface area contributed by atoms with E-state index in [2.05, 4.69) is 16.4 Å². The molecule has 0 radical (unpaired) electrons. The van der Waals surface area contributed by atoms with E-state index in [1.165, 1.54) is 4.68 Å². The molecule has 0 unspecified atom stereocenters. The number of halogens is 2. The van der Waals surface area contributed by atoms with E-state index in [4.69, 9.17) is 23.2 Å². The summed E-state index contributed by atoms with van der Waals surface area (Å²) in [6, 6.07) is 14.6. The predicted octanol–water partition coefficient (Wildman–Crippen LogP) is 4.26. The molecule has 0 atom stereocenters. The zero-order chi connectivity index (χ0) is 14.8. The van der Waals surface area contributed by atoms with Crippen LogP contribution in [0.3, 0.4) is 0 Å². The molecular formula is C15H8Cl2N4. The molecule has 3 rings (SSSR count). The van der Waals surface area contributed by atoms with Crippen molar-refractivity contribution in [1.29, 1.82) is 5.26 Å². The van der Waals surface area contributed by atoms with Gasteiger partial charge in [0.1, 0.15) is 17.3 Å². The van der Waals surface area contributed by atoms with Gasteiger partial charge in [0.15, 0.2) is 0 Å². The third kappa shape index (κ3) is 2.75. The molecule has 4 nitrogen and oxygen atoms in total. The molecule has 1 aromatic heterocycles. The molecule has 0 bridgehead atoms. The van der Waals surface area contributed by atoms with Crippen molar-refractivity contribution in [3.63, 3.8) is 0 Å². The summed E-state index contributed by atoms with van der Waals surface area (Å²) in [5, 5.41) is 18.5. The zero-order valence-electron chi connectivity index (χ0n) is 10.7. The highest BCUT2D eigenvalue weighted by molar-refractivity contribution is 6.34. The van der Waals surface area contributed by atoms with Crippen LogP contribution in [0.2, 0.25) is 10.0 Å². The van der Waals surface area contributed by atoms with Crippen LogP contribution in [-0.4, -0.2) is 15.0 Å². The van der Waals surface area contributed by atoms with E-state index in [9.17, 15) is 5.26 Å². The maximum absolute atomic E-state index is 9.38.